The Morgan fingerprint density at radius 3 is 2.77 bits per heavy atom. The van der Waals surface area contributed by atoms with E-state index >= 15 is 0 Å². The molecular formula is C20H19Cl2N3O4S. The topological polar surface area (TPSA) is 92.4 Å². The zero-order valence-corrected chi connectivity index (χ0v) is 18.2. The van der Waals surface area contributed by atoms with Gasteiger partial charge in [0.15, 0.2) is 0 Å². The predicted octanol–water partition coefficient (Wildman–Crippen LogP) is 3.60. The summed E-state index contributed by atoms with van der Waals surface area (Å²) in [6.07, 6.45) is 1.36. The van der Waals surface area contributed by atoms with E-state index in [1.165, 1.54) is 22.5 Å². The smallest absolute Gasteiger partial charge is 0.258 e. The van der Waals surface area contributed by atoms with Crippen LogP contribution in [-0.2, 0) is 21.3 Å². The standard InChI is InChI=1S/C20H19Cl2N3O4S/c21-13-7-8-16(22)18(10-13)30(27,28)25(11-14-4-3-9-29-14)12-19-23-17-6-2-1-5-15(17)20(26)24-19/h1-2,5-8,10,14H,3-4,9,11-12H2,(H,23,24,26). The van der Waals surface area contributed by atoms with E-state index in [1.54, 1.807) is 24.3 Å². The number of halogens is 2. The van der Waals surface area contributed by atoms with E-state index < -0.39 is 10.0 Å². The van der Waals surface area contributed by atoms with E-state index in [1.807, 2.05) is 0 Å². The fourth-order valence-corrected chi connectivity index (χ4v) is 5.62. The lowest BCUT2D eigenvalue weighted by atomic mass is 10.2. The number of H-pyrrole nitrogens is 1. The number of para-hydroxylation sites is 1. The molecule has 158 valence electrons. The quantitative estimate of drug-likeness (QED) is 0.597. The lowest BCUT2D eigenvalue weighted by Crippen LogP contribution is -2.38. The van der Waals surface area contributed by atoms with Crippen LogP contribution < -0.4 is 5.56 Å². The normalized spacial score (nSPS) is 17.1. The summed E-state index contributed by atoms with van der Waals surface area (Å²) in [6, 6.07) is 11.2. The third-order valence-electron chi connectivity index (χ3n) is 4.93. The molecule has 7 nitrogen and oxygen atoms in total. The third kappa shape index (κ3) is 4.38. The van der Waals surface area contributed by atoms with Gasteiger partial charge >= 0.3 is 0 Å². The van der Waals surface area contributed by atoms with Gasteiger partial charge in [0.1, 0.15) is 10.7 Å². The number of aromatic nitrogens is 2. The molecule has 1 N–H and O–H groups in total. The van der Waals surface area contributed by atoms with Crippen LogP contribution in [0.2, 0.25) is 10.0 Å². The molecule has 0 saturated carbocycles. The molecule has 1 saturated heterocycles. The van der Waals surface area contributed by atoms with Gasteiger partial charge in [-0.15, -0.1) is 0 Å². The average Bonchev–Trinajstić information content (AvgIpc) is 3.22. The van der Waals surface area contributed by atoms with Crippen molar-refractivity contribution in [2.75, 3.05) is 13.2 Å². The van der Waals surface area contributed by atoms with Gasteiger partial charge < -0.3 is 9.72 Å². The van der Waals surface area contributed by atoms with E-state index in [0.29, 0.717) is 17.5 Å². The SMILES string of the molecule is O=c1[nH]c(CN(CC2CCCO2)S(=O)(=O)c2cc(Cl)ccc2Cl)nc2ccccc12. The fraction of sp³-hybridized carbons (Fsp3) is 0.300. The Labute approximate surface area is 183 Å². The van der Waals surface area contributed by atoms with Crippen molar-refractivity contribution in [2.24, 2.45) is 0 Å². The zero-order chi connectivity index (χ0) is 21.3. The lowest BCUT2D eigenvalue weighted by molar-refractivity contribution is 0.0921. The molecule has 0 bridgehead atoms. The highest BCUT2D eigenvalue weighted by Gasteiger charge is 2.31. The number of aromatic amines is 1. The van der Waals surface area contributed by atoms with Gasteiger partial charge in [-0.2, -0.15) is 4.31 Å². The van der Waals surface area contributed by atoms with E-state index in [2.05, 4.69) is 9.97 Å². The molecule has 1 unspecified atom stereocenters. The van der Waals surface area contributed by atoms with Gasteiger partial charge in [-0.25, -0.2) is 13.4 Å². The number of hydrogen-bond acceptors (Lipinski definition) is 5. The number of ether oxygens (including phenoxy) is 1. The summed E-state index contributed by atoms with van der Waals surface area (Å²) >= 11 is 12.2. The molecule has 1 aliphatic rings. The second kappa shape index (κ2) is 8.64. The Kier molecular flexibility index (Phi) is 6.13. The first-order valence-corrected chi connectivity index (χ1v) is 11.6. The Hall–Kier alpha value is -1.97. The Bertz CT molecular complexity index is 1240. The molecule has 2 heterocycles. The van der Waals surface area contributed by atoms with E-state index in [0.717, 1.165) is 12.8 Å². The molecule has 2 aromatic carbocycles. The van der Waals surface area contributed by atoms with Gasteiger partial charge in [-0.05, 0) is 43.2 Å². The summed E-state index contributed by atoms with van der Waals surface area (Å²) in [4.78, 5) is 19.4. The summed E-state index contributed by atoms with van der Waals surface area (Å²) in [5.74, 6) is 0.235. The van der Waals surface area contributed by atoms with Crippen LogP contribution in [0.5, 0.6) is 0 Å². The summed E-state index contributed by atoms with van der Waals surface area (Å²) in [6.45, 7) is 0.564. The van der Waals surface area contributed by atoms with Gasteiger partial charge in [0, 0.05) is 18.2 Å². The van der Waals surface area contributed by atoms with Crippen LogP contribution in [0.15, 0.2) is 52.2 Å². The molecule has 3 aromatic rings. The Morgan fingerprint density at radius 2 is 2.00 bits per heavy atom. The van der Waals surface area contributed by atoms with Crippen molar-refractivity contribution in [3.05, 3.63) is 68.7 Å². The van der Waals surface area contributed by atoms with Crippen LogP contribution in [-0.4, -0.2) is 41.9 Å². The third-order valence-corrected chi connectivity index (χ3v) is 7.46. The van der Waals surface area contributed by atoms with Crippen molar-refractivity contribution in [1.29, 1.82) is 0 Å². The maximum atomic E-state index is 13.5. The zero-order valence-electron chi connectivity index (χ0n) is 15.8. The van der Waals surface area contributed by atoms with Gasteiger partial charge in [-0.1, -0.05) is 35.3 Å². The highest BCUT2D eigenvalue weighted by Crippen LogP contribution is 2.29. The number of nitrogens with one attached hydrogen (secondary N) is 1. The first-order valence-electron chi connectivity index (χ1n) is 9.39. The molecule has 30 heavy (non-hydrogen) atoms. The molecular weight excluding hydrogens is 449 g/mol. The fourth-order valence-electron chi connectivity index (χ4n) is 3.45. The molecule has 1 aliphatic heterocycles. The van der Waals surface area contributed by atoms with Crippen molar-refractivity contribution < 1.29 is 13.2 Å². The number of hydrogen-bond donors (Lipinski definition) is 1. The number of benzene rings is 2. The molecule has 0 spiro atoms. The molecule has 0 radical (unpaired) electrons. The molecule has 0 aliphatic carbocycles. The molecule has 1 atom stereocenters. The molecule has 1 fully saturated rings. The van der Waals surface area contributed by atoms with Gasteiger partial charge in [0.2, 0.25) is 10.0 Å². The van der Waals surface area contributed by atoms with Crippen LogP contribution in [0.1, 0.15) is 18.7 Å². The van der Waals surface area contributed by atoms with Crippen LogP contribution in [0.25, 0.3) is 10.9 Å². The van der Waals surface area contributed by atoms with Crippen molar-refractivity contribution >= 4 is 44.1 Å². The first kappa shape index (κ1) is 21.3. The van der Waals surface area contributed by atoms with Crippen molar-refractivity contribution in [2.45, 2.75) is 30.4 Å². The second-order valence-electron chi connectivity index (χ2n) is 7.04. The molecule has 0 amide bonds. The summed E-state index contributed by atoms with van der Waals surface area (Å²) in [5.41, 5.74) is 0.164. The summed E-state index contributed by atoms with van der Waals surface area (Å²) < 4.78 is 33.8. The number of rotatable bonds is 6. The van der Waals surface area contributed by atoms with E-state index in [9.17, 15) is 13.2 Å². The Morgan fingerprint density at radius 1 is 1.20 bits per heavy atom. The van der Waals surface area contributed by atoms with E-state index in [-0.39, 0.29) is 45.5 Å². The maximum absolute atomic E-state index is 13.5. The van der Waals surface area contributed by atoms with Gasteiger partial charge in [0.05, 0.1) is 28.6 Å². The number of fused-ring (bicyclic) bond motifs is 1. The van der Waals surface area contributed by atoms with Crippen LogP contribution in [0, 0.1) is 0 Å². The molecule has 1 aromatic heterocycles. The van der Waals surface area contributed by atoms with Crippen LogP contribution >= 0.6 is 23.2 Å². The van der Waals surface area contributed by atoms with Gasteiger partial charge in [-0.3, -0.25) is 4.79 Å². The minimum absolute atomic E-state index is 0.0664. The average molecular weight is 468 g/mol. The summed E-state index contributed by atoms with van der Waals surface area (Å²) in [7, 11) is -4.03. The van der Waals surface area contributed by atoms with Crippen molar-refractivity contribution in [3.63, 3.8) is 0 Å². The highest BCUT2D eigenvalue weighted by molar-refractivity contribution is 7.89. The monoisotopic (exact) mass is 467 g/mol. The molecule has 4 rings (SSSR count). The van der Waals surface area contributed by atoms with Crippen molar-refractivity contribution in [3.8, 4) is 0 Å². The minimum atomic E-state index is -4.03. The largest absolute Gasteiger partial charge is 0.377 e. The number of nitrogens with zero attached hydrogens (tertiary/aromatic N) is 2. The number of sulfonamides is 1. The lowest BCUT2D eigenvalue weighted by Gasteiger charge is -2.25. The van der Waals surface area contributed by atoms with Crippen LogP contribution in [0.4, 0.5) is 0 Å². The first-order chi connectivity index (χ1) is 14.3. The van der Waals surface area contributed by atoms with Crippen LogP contribution in [0.3, 0.4) is 0 Å². The second-order valence-corrected chi connectivity index (χ2v) is 9.79. The molecule has 10 heteroatoms. The van der Waals surface area contributed by atoms with Gasteiger partial charge in [0.25, 0.3) is 5.56 Å². The van der Waals surface area contributed by atoms with E-state index in [4.69, 9.17) is 27.9 Å². The predicted molar refractivity (Wildman–Crippen MR) is 115 cm³/mol. The van der Waals surface area contributed by atoms with Crippen molar-refractivity contribution in [1.82, 2.24) is 14.3 Å². The maximum Gasteiger partial charge on any atom is 0.258 e. The highest BCUT2D eigenvalue weighted by atomic mass is 35.5. The summed E-state index contributed by atoms with van der Waals surface area (Å²) in [5, 5.41) is 0.761. The minimum Gasteiger partial charge on any atom is -0.377 e. The Balaban J connectivity index is 1.75.